The molecule has 5 nitrogen and oxygen atoms in total. The third-order valence-corrected chi connectivity index (χ3v) is 1.93. The molecule has 0 atom stereocenters. The maximum Gasteiger partial charge on any atom is 0.317 e. The number of aryl methyl sites for hydroxylation is 1. The number of aromatic nitrogens is 2. The third kappa shape index (κ3) is 2.55. The summed E-state index contributed by atoms with van der Waals surface area (Å²) >= 11 is 0. The molecule has 1 aromatic rings. The van der Waals surface area contributed by atoms with Gasteiger partial charge in [-0.05, 0) is 6.92 Å². The second kappa shape index (κ2) is 4.04. The number of nitrogens with one attached hydrogen (secondary N) is 1. The molecule has 72 valence electrons. The number of carbonyl (C=O) groups is 1. The number of carboxylic acids is 1. The Morgan fingerprint density at radius 3 is 2.92 bits per heavy atom. The summed E-state index contributed by atoms with van der Waals surface area (Å²) in [4.78, 5) is 10.2. The van der Waals surface area contributed by atoms with E-state index in [-0.39, 0.29) is 6.54 Å². The fourth-order valence-corrected chi connectivity index (χ4v) is 1.02. The lowest BCUT2D eigenvalue weighted by molar-refractivity contribution is -0.135. The zero-order valence-corrected chi connectivity index (χ0v) is 7.74. The average Bonchev–Trinajstić information content (AvgIpc) is 2.35. The minimum absolute atomic E-state index is 0.0195. The predicted molar refractivity (Wildman–Crippen MR) is 47.3 cm³/mol. The van der Waals surface area contributed by atoms with E-state index in [0.717, 1.165) is 11.3 Å². The maximum absolute atomic E-state index is 10.2. The summed E-state index contributed by atoms with van der Waals surface area (Å²) in [5, 5.41) is 15.2. The lowest BCUT2D eigenvalue weighted by atomic mass is 10.2. The first kappa shape index (κ1) is 9.73. The molecule has 0 aliphatic carbocycles. The van der Waals surface area contributed by atoms with Gasteiger partial charge in [0, 0.05) is 24.8 Å². The van der Waals surface area contributed by atoms with Crippen molar-refractivity contribution in [1.82, 2.24) is 15.1 Å². The van der Waals surface area contributed by atoms with Crippen molar-refractivity contribution in [3.8, 4) is 0 Å². The van der Waals surface area contributed by atoms with Crippen LogP contribution in [0.4, 0.5) is 0 Å². The molecule has 0 saturated heterocycles. The normalized spacial score (nSPS) is 10.3. The van der Waals surface area contributed by atoms with E-state index in [0.29, 0.717) is 6.54 Å². The molecule has 0 saturated carbocycles. The number of nitrogens with zero attached hydrogens (tertiary/aromatic N) is 2. The second-order valence-corrected chi connectivity index (χ2v) is 2.88. The molecule has 0 aliphatic heterocycles. The molecule has 0 bridgehead atoms. The molecule has 1 rings (SSSR count). The molecule has 0 aliphatic rings. The monoisotopic (exact) mass is 183 g/mol. The minimum Gasteiger partial charge on any atom is -0.480 e. The van der Waals surface area contributed by atoms with Crippen molar-refractivity contribution in [3.63, 3.8) is 0 Å². The van der Waals surface area contributed by atoms with Gasteiger partial charge in [0.1, 0.15) is 0 Å². The summed E-state index contributed by atoms with van der Waals surface area (Å²) in [6.07, 6.45) is 1.74. The number of carboxylic acid groups (broad SMARTS) is 1. The van der Waals surface area contributed by atoms with Crippen LogP contribution in [0, 0.1) is 6.92 Å². The van der Waals surface area contributed by atoms with Gasteiger partial charge in [-0.25, -0.2) is 0 Å². The maximum atomic E-state index is 10.2. The standard InChI is InChI=1S/C8H13N3O2/c1-6-7(4-10-11(6)2)3-9-5-8(12)13/h4,9H,3,5H2,1-2H3,(H,12,13). The topological polar surface area (TPSA) is 67.2 Å². The number of aliphatic carboxylic acids is 1. The van der Waals surface area contributed by atoms with Crippen LogP contribution in [0.5, 0.6) is 0 Å². The van der Waals surface area contributed by atoms with Gasteiger partial charge in [0.05, 0.1) is 12.7 Å². The van der Waals surface area contributed by atoms with Gasteiger partial charge in [-0.3, -0.25) is 9.48 Å². The van der Waals surface area contributed by atoms with E-state index < -0.39 is 5.97 Å². The molecule has 1 aromatic heterocycles. The minimum atomic E-state index is -0.846. The lowest BCUT2D eigenvalue weighted by Gasteiger charge is -2.00. The Bertz CT molecular complexity index is 306. The Kier molecular flexibility index (Phi) is 3.02. The quantitative estimate of drug-likeness (QED) is 0.684. The van der Waals surface area contributed by atoms with Gasteiger partial charge in [0.2, 0.25) is 0 Å². The first-order chi connectivity index (χ1) is 6.11. The van der Waals surface area contributed by atoms with Crippen LogP contribution in [0.2, 0.25) is 0 Å². The highest BCUT2D eigenvalue weighted by molar-refractivity contribution is 5.68. The summed E-state index contributed by atoms with van der Waals surface area (Å²) in [5.41, 5.74) is 2.08. The molecule has 5 heteroatoms. The van der Waals surface area contributed by atoms with E-state index in [1.54, 1.807) is 10.9 Å². The molecule has 0 spiro atoms. The van der Waals surface area contributed by atoms with Gasteiger partial charge < -0.3 is 10.4 Å². The number of hydrogen-bond donors (Lipinski definition) is 2. The van der Waals surface area contributed by atoms with Crippen LogP contribution in [0.25, 0.3) is 0 Å². The first-order valence-corrected chi connectivity index (χ1v) is 4.01. The van der Waals surface area contributed by atoms with Crippen molar-refractivity contribution in [2.45, 2.75) is 13.5 Å². The van der Waals surface area contributed by atoms with Crippen LogP contribution in [0.15, 0.2) is 6.20 Å². The average molecular weight is 183 g/mol. The summed E-state index contributed by atoms with van der Waals surface area (Å²) in [6, 6.07) is 0. The Morgan fingerprint density at radius 1 is 1.77 bits per heavy atom. The fourth-order valence-electron chi connectivity index (χ4n) is 1.02. The highest BCUT2D eigenvalue weighted by atomic mass is 16.4. The number of rotatable bonds is 4. The van der Waals surface area contributed by atoms with Crippen molar-refractivity contribution in [2.24, 2.45) is 7.05 Å². The zero-order chi connectivity index (χ0) is 9.84. The molecule has 0 amide bonds. The summed E-state index contributed by atoms with van der Waals surface area (Å²) in [6.45, 7) is 2.48. The van der Waals surface area contributed by atoms with Crippen LogP contribution in [0.1, 0.15) is 11.3 Å². The molecule has 0 radical (unpaired) electrons. The van der Waals surface area contributed by atoms with Crippen LogP contribution in [0.3, 0.4) is 0 Å². The van der Waals surface area contributed by atoms with Gasteiger partial charge in [-0.2, -0.15) is 5.10 Å². The highest BCUT2D eigenvalue weighted by Crippen LogP contribution is 2.03. The van der Waals surface area contributed by atoms with Crippen LogP contribution < -0.4 is 5.32 Å². The lowest BCUT2D eigenvalue weighted by Crippen LogP contribution is -2.22. The van der Waals surface area contributed by atoms with Crippen LogP contribution in [-0.2, 0) is 18.4 Å². The van der Waals surface area contributed by atoms with Gasteiger partial charge >= 0.3 is 5.97 Å². The van der Waals surface area contributed by atoms with E-state index in [1.807, 2.05) is 14.0 Å². The van der Waals surface area contributed by atoms with Crippen molar-refractivity contribution in [2.75, 3.05) is 6.54 Å². The molecule has 0 unspecified atom stereocenters. The Balaban J connectivity index is 2.45. The van der Waals surface area contributed by atoms with Crippen LogP contribution in [-0.4, -0.2) is 27.4 Å². The van der Waals surface area contributed by atoms with Gasteiger partial charge in [-0.15, -0.1) is 0 Å². The third-order valence-electron chi connectivity index (χ3n) is 1.93. The predicted octanol–water partition coefficient (Wildman–Crippen LogP) is -0.0973. The van der Waals surface area contributed by atoms with Crippen molar-refractivity contribution in [1.29, 1.82) is 0 Å². The molecule has 1 heterocycles. The van der Waals surface area contributed by atoms with E-state index >= 15 is 0 Å². The molecule has 0 aromatic carbocycles. The fraction of sp³-hybridized carbons (Fsp3) is 0.500. The van der Waals surface area contributed by atoms with Crippen molar-refractivity contribution >= 4 is 5.97 Å². The van der Waals surface area contributed by atoms with E-state index in [1.165, 1.54) is 0 Å². The molecule has 2 N–H and O–H groups in total. The van der Waals surface area contributed by atoms with Gasteiger partial charge in [0.25, 0.3) is 0 Å². The molecule has 13 heavy (non-hydrogen) atoms. The first-order valence-electron chi connectivity index (χ1n) is 4.01. The second-order valence-electron chi connectivity index (χ2n) is 2.88. The van der Waals surface area contributed by atoms with Crippen LogP contribution >= 0.6 is 0 Å². The Hall–Kier alpha value is -1.36. The summed E-state index contributed by atoms with van der Waals surface area (Å²) in [7, 11) is 1.86. The van der Waals surface area contributed by atoms with E-state index in [4.69, 9.17) is 5.11 Å². The number of hydrogen-bond acceptors (Lipinski definition) is 3. The van der Waals surface area contributed by atoms with Gasteiger partial charge in [0.15, 0.2) is 0 Å². The summed E-state index contributed by atoms with van der Waals surface area (Å²) < 4.78 is 1.76. The Morgan fingerprint density at radius 2 is 2.46 bits per heavy atom. The SMILES string of the molecule is Cc1c(CNCC(=O)O)cnn1C. The summed E-state index contributed by atoms with van der Waals surface area (Å²) in [5.74, 6) is -0.846. The molecular weight excluding hydrogens is 170 g/mol. The largest absolute Gasteiger partial charge is 0.480 e. The highest BCUT2D eigenvalue weighted by Gasteiger charge is 2.03. The van der Waals surface area contributed by atoms with Crippen molar-refractivity contribution in [3.05, 3.63) is 17.5 Å². The molecular formula is C8H13N3O2. The van der Waals surface area contributed by atoms with Gasteiger partial charge in [-0.1, -0.05) is 0 Å². The zero-order valence-electron chi connectivity index (χ0n) is 7.74. The van der Waals surface area contributed by atoms with Crippen molar-refractivity contribution < 1.29 is 9.90 Å². The molecule has 0 fully saturated rings. The van der Waals surface area contributed by atoms with E-state index in [9.17, 15) is 4.79 Å². The Labute approximate surface area is 76.4 Å². The smallest absolute Gasteiger partial charge is 0.317 e. The van der Waals surface area contributed by atoms with E-state index in [2.05, 4.69) is 10.4 Å².